The van der Waals surface area contributed by atoms with E-state index in [2.05, 4.69) is 20.9 Å². The van der Waals surface area contributed by atoms with Crippen LogP contribution in [-0.2, 0) is 16.0 Å². The van der Waals surface area contributed by atoms with E-state index in [1.54, 1.807) is 25.3 Å². The molecule has 6 rings (SSSR count). The van der Waals surface area contributed by atoms with E-state index >= 15 is 0 Å². The number of aromatic nitrogens is 1. The summed E-state index contributed by atoms with van der Waals surface area (Å²) in [7, 11) is 1.58. The van der Waals surface area contributed by atoms with E-state index in [0.29, 0.717) is 33.9 Å². The highest BCUT2D eigenvalue weighted by atomic mass is 79.9. The van der Waals surface area contributed by atoms with Gasteiger partial charge in [-0.3, -0.25) is 14.5 Å². The van der Waals surface area contributed by atoms with Gasteiger partial charge < -0.3 is 14.6 Å². The van der Waals surface area contributed by atoms with Crippen molar-refractivity contribution >= 4 is 60.1 Å². The summed E-state index contributed by atoms with van der Waals surface area (Å²) in [5.74, 6) is -0.294. The van der Waals surface area contributed by atoms with Gasteiger partial charge in [0.25, 0.3) is 5.78 Å². The molecular weight excluding hydrogens is 556 g/mol. The van der Waals surface area contributed by atoms with Crippen LogP contribution in [0.25, 0.3) is 16.0 Å². The number of rotatable bonds is 4. The summed E-state index contributed by atoms with van der Waals surface area (Å²) in [5, 5.41) is 11.8. The minimum atomic E-state index is -0.858. The second-order valence-corrected chi connectivity index (χ2v) is 10.9. The molecule has 1 fully saturated rings. The Morgan fingerprint density at radius 2 is 2.00 bits per heavy atom. The molecule has 0 unspecified atom stereocenters. The standard InChI is InChI=1S/C28H21BrN2O5S/c1-14-10-17-11-16(6-9-21(17)36-14)25(32)23-24(15-4-3-5-18(29)12-15)31(27(34)26(23)33)28-30-20-8-7-19(35-2)13-22(20)37-28/h3-9,11-14,24,32H,10H2,1-2H3/t14-,24-/m1/s1. The Morgan fingerprint density at radius 1 is 1.16 bits per heavy atom. The first-order valence-electron chi connectivity index (χ1n) is 11.6. The van der Waals surface area contributed by atoms with Crippen molar-refractivity contribution in [1.82, 2.24) is 4.98 Å². The van der Waals surface area contributed by atoms with E-state index in [1.807, 2.05) is 49.4 Å². The molecule has 0 spiro atoms. The highest BCUT2D eigenvalue weighted by molar-refractivity contribution is 9.10. The fourth-order valence-electron chi connectivity index (χ4n) is 4.87. The lowest BCUT2D eigenvalue weighted by molar-refractivity contribution is -0.132. The number of aliphatic hydroxyl groups is 1. The van der Waals surface area contributed by atoms with Crippen LogP contribution in [0.4, 0.5) is 5.13 Å². The predicted octanol–water partition coefficient (Wildman–Crippen LogP) is 6.02. The molecule has 9 heteroatoms. The molecule has 1 N–H and O–H groups in total. The summed E-state index contributed by atoms with van der Waals surface area (Å²) in [4.78, 5) is 33.0. The molecular formula is C28H21BrN2O5S. The number of carbonyl (C=O) groups excluding carboxylic acids is 2. The number of methoxy groups -OCH3 is 1. The summed E-state index contributed by atoms with van der Waals surface area (Å²) < 4.78 is 12.7. The van der Waals surface area contributed by atoms with Crippen LogP contribution in [0.15, 0.2) is 70.7 Å². The van der Waals surface area contributed by atoms with Crippen molar-refractivity contribution in [2.45, 2.75) is 25.5 Å². The SMILES string of the molecule is COc1ccc2nc(N3C(=O)C(=O)C(=C(O)c4ccc5c(c4)C[C@@H](C)O5)[C@H]3c3cccc(Br)c3)sc2c1. The van der Waals surface area contributed by atoms with Crippen molar-refractivity contribution in [2.24, 2.45) is 0 Å². The van der Waals surface area contributed by atoms with E-state index in [-0.39, 0.29) is 17.4 Å². The minimum Gasteiger partial charge on any atom is -0.507 e. The number of ketones is 1. The molecule has 0 saturated carbocycles. The van der Waals surface area contributed by atoms with Crippen LogP contribution >= 0.6 is 27.3 Å². The third-order valence-corrected chi connectivity index (χ3v) is 8.08. The van der Waals surface area contributed by atoms with E-state index in [4.69, 9.17) is 9.47 Å². The Hall–Kier alpha value is -3.69. The number of hydrogen-bond donors (Lipinski definition) is 1. The molecule has 1 amide bonds. The van der Waals surface area contributed by atoms with E-state index < -0.39 is 17.7 Å². The number of anilines is 1. The lowest BCUT2D eigenvalue weighted by Crippen LogP contribution is -2.29. The highest BCUT2D eigenvalue weighted by Crippen LogP contribution is 2.45. The van der Waals surface area contributed by atoms with Crippen molar-refractivity contribution in [3.63, 3.8) is 0 Å². The van der Waals surface area contributed by atoms with E-state index in [1.165, 1.54) is 16.2 Å². The summed E-state index contributed by atoms with van der Waals surface area (Å²) in [6.07, 6.45) is 0.743. The summed E-state index contributed by atoms with van der Waals surface area (Å²) >= 11 is 4.78. The Bertz CT molecular complexity index is 1630. The van der Waals surface area contributed by atoms with Crippen LogP contribution in [0.3, 0.4) is 0 Å². The van der Waals surface area contributed by atoms with Gasteiger partial charge in [0.05, 0.1) is 28.9 Å². The molecule has 1 saturated heterocycles. The van der Waals surface area contributed by atoms with Gasteiger partial charge in [0.15, 0.2) is 5.13 Å². The first kappa shape index (κ1) is 23.7. The first-order valence-corrected chi connectivity index (χ1v) is 13.3. The van der Waals surface area contributed by atoms with Crippen molar-refractivity contribution in [1.29, 1.82) is 0 Å². The number of benzene rings is 3. The predicted molar refractivity (Wildman–Crippen MR) is 145 cm³/mol. The van der Waals surface area contributed by atoms with Gasteiger partial charge >= 0.3 is 5.91 Å². The number of fused-ring (bicyclic) bond motifs is 2. The van der Waals surface area contributed by atoms with Gasteiger partial charge in [0.2, 0.25) is 0 Å². The Kier molecular flexibility index (Phi) is 5.77. The zero-order valence-electron chi connectivity index (χ0n) is 19.9. The zero-order chi connectivity index (χ0) is 25.8. The van der Waals surface area contributed by atoms with Crippen LogP contribution in [0.5, 0.6) is 11.5 Å². The number of Topliss-reactive ketones (excluding diaryl/α,β-unsaturated/α-hetero) is 1. The van der Waals surface area contributed by atoms with E-state index in [9.17, 15) is 14.7 Å². The number of amides is 1. The molecule has 0 aliphatic carbocycles. The zero-order valence-corrected chi connectivity index (χ0v) is 22.3. The second-order valence-electron chi connectivity index (χ2n) is 9.01. The van der Waals surface area contributed by atoms with Crippen LogP contribution in [0, 0.1) is 0 Å². The smallest absolute Gasteiger partial charge is 0.301 e. The summed E-state index contributed by atoms with van der Waals surface area (Å²) in [6, 6.07) is 17.3. The maximum absolute atomic E-state index is 13.5. The highest BCUT2D eigenvalue weighted by Gasteiger charge is 2.48. The fourth-order valence-corrected chi connectivity index (χ4v) is 6.31. The molecule has 2 aliphatic heterocycles. The molecule has 2 aliphatic rings. The molecule has 37 heavy (non-hydrogen) atoms. The molecule has 186 valence electrons. The minimum absolute atomic E-state index is 0.0202. The van der Waals surface area contributed by atoms with Crippen LogP contribution in [-0.4, -0.2) is 35.0 Å². The number of ether oxygens (including phenoxy) is 2. The molecule has 0 bridgehead atoms. The van der Waals surface area contributed by atoms with Gasteiger partial charge in [-0.1, -0.05) is 39.4 Å². The molecule has 1 aromatic heterocycles. The topological polar surface area (TPSA) is 89.0 Å². The Balaban J connectivity index is 1.53. The molecule has 7 nitrogen and oxygen atoms in total. The molecule has 4 aromatic rings. The third-order valence-electron chi connectivity index (χ3n) is 6.57. The van der Waals surface area contributed by atoms with Crippen molar-refractivity contribution in [2.75, 3.05) is 12.0 Å². The van der Waals surface area contributed by atoms with Gasteiger partial charge in [-0.2, -0.15) is 0 Å². The maximum atomic E-state index is 13.5. The first-order chi connectivity index (χ1) is 17.8. The normalized spacial score (nSPS) is 20.4. The second kappa shape index (κ2) is 9.00. The van der Waals surface area contributed by atoms with Crippen molar-refractivity contribution in [3.05, 3.63) is 87.4 Å². The van der Waals surface area contributed by atoms with Crippen LogP contribution < -0.4 is 14.4 Å². The van der Waals surface area contributed by atoms with Gasteiger partial charge in [-0.05, 0) is 66.6 Å². The van der Waals surface area contributed by atoms with Crippen LogP contribution in [0.1, 0.15) is 29.7 Å². The Morgan fingerprint density at radius 3 is 2.78 bits per heavy atom. The number of carbonyl (C=O) groups is 2. The number of nitrogens with zero attached hydrogens (tertiary/aromatic N) is 2. The maximum Gasteiger partial charge on any atom is 0.301 e. The van der Waals surface area contributed by atoms with Gasteiger partial charge in [-0.15, -0.1) is 0 Å². The Labute approximate surface area is 225 Å². The van der Waals surface area contributed by atoms with E-state index in [0.717, 1.165) is 20.5 Å². The lowest BCUT2D eigenvalue weighted by Gasteiger charge is -2.23. The average molecular weight is 577 g/mol. The summed E-state index contributed by atoms with van der Waals surface area (Å²) in [6.45, 7) is 1.98. The van der Waals surface area contributed by atoms with Crippen molar-refractivity contribution < 1.29 is 24.2 Å². The van der Waals surface area contributed by atoms with Gasteiger partial charge in [0.1, 0.15) is 23.4 Å². The van der Waals surface area contributed by atoms with Crippen molar-refractivity contribution in [3.8, 4) is 11.5 Å². The molecule has 3 aromatic carbocycles. The summed E-state index contributed by atoms with van der Waals surface area (Å²) in [5.41, 5.74) is 2.79. The molecule has 3 heterocycles. The monoisotopic (exact) mass is 576 g/mol. The number of hydrogen-bond acceptors (Lipinski definition) is 7. The lowest BCUT2D eigenvalue weighted by atomic mass is 9.94. The van der Waals surface area contributed by atoms with Gasteiger partial charge in [-0.25, -0.2) is 4.98 Å². The van der Waals surface area contributed by atoms with Gasteiger partial charge in [0, 0.05) is 16.5 Å². The average Bonchev–Trinajstić information content (AvgIpc) is 3.55. The third kappa shape index (κ3) is 3.98. The fraction of sp³-hybridized carbons (Fsp3) is 0.179. The molecule has 0 radical (unpaired) electrons. The molecule has 2 atom stereocenters. The number of aliphatic hydroxyl groups excluding tert-OH is 1. The van der Waals surface area contributed by atoms with Crippen LogP contribution in [0.2, 0.25) is 0 Å². The number of thiazole rings is 1. The number of halogens is 1. The quantitative estimate of drug-likeness (QED) is 0.181. The largest absolute Gasteiger partial charge is 0.507 e.